The molecule has 0 unspecified atom stereocenters. The van der Waals surface area contributed by atoms with Gasteiger partial charge in [0, 0.05) is 60.0 Å². The van der Waals surface area contributed by atoms with Crippen LogP contribution in [-0.2, 0) is 23.0 Å². The van der Waals surface area contributed by atoms with Crippen molar-refractivity contribution in [1.29, 1.82) is 0 Å². The summed E-state index contributed by atoms with van der Waals surface area (Å²) in [6.07, 6.45) is 0.216. The molecule has 222 valence electrons. The third kappa shape index (κ3) is 5.48. The minimum atomic E-state index is -3.85. The first-order valence-electron chi connectivity index (χ1n) is 14.7. The van der Waals surface area contributed by atoms with Gasteiger partial charge in [0.05, 0.1) is 28.0 Å². The van der Waals surface area contributed by atoms with Crippen LogP contribution in [0, 0.1) is 0 Å². The average Bonchev–Trinajstić information content (AvgIpc) is 3.65. The van der Waals surface area contributed by atoms with E-state index in [0.29, 0.717) is 16.6 Å². The van der Waals surface area contributed by atoms with Gasteiger partial charge < -0.3 is 4.90 Å². The number of rotatable bonds is 8. The second kappa shape index (κ2) is 11.7. The standard InChI is InChI=1S/C35H32N4O3S2/c1-37-17-19-38(20-18-37)23-25-11-13-26(14-12-25)34(40)22-35-36-31(24-43-35)27-15-16-30-29-9-5-6-10-32(29)39(33(30)21-27)44(41,42)28-7-3-2-4-8-28/h2-16,21,24H,17-20,22-23H2,1H3. The summed E-state index contributed by atoms with van der Waals surface area (Å²) in [4.78, 5) is 22.9. The van der Waals surface area contributed by atoms with Gasteiger partial charge in [0.1, 0.15) is 5.01 Å². The minimum absolute atomic E-state index is 0.0292. The summed E-state index contributed by atoms with van der Waals surface area (Å²) in [5, 5.41) is 4.38. The molecular formula is C35H32N4O3S2. The van der Waals surface area contributed by atoms with Crippen LogP contribution in [0.5, 0.6) is 0 Å². The molecule has 0 spiro atoms. The van der Waals surface area contributed by atoms with E-state index >= 15 is 0 Å². The first-order valence-corrected chi connectivity index (χ1v) is 17.0. The Morgan fingerprint density at radius 3 is 2.30 bits per heavy atom. The van der Waals surface area contributed by atoms with E-state index in [1.165, 1.54) is 20.9 Å². The molecule has 0 N–H and O–H groups in total. The zero-order valence-electron chi connectivity index (χ0n) is 24.4. The molecule has 2 aromatic heterocycles. The third-order valence-corrected chi connectivity index (χ3v) is 10.9. The van der Waals surface area contributed by atoms with Gasteiger partial charge in [0.15, 0.2) is 5.78 Å². The van der Waals surface area contributed by atoms with E-state index in [0.717, 1.165) is 59.8 Å². The summed E-state index contributed by atoms with van der Waals surface area (Å²) in [7, 11) is -1.70. The Balaban J connectivity index is 1.14. The summed E-state index contributed by atoms with van der Waals surface area (Å²) in [5.41, 5.74) is 4.63. The molecule has 0 saturated carbocycles. The van der Waals surface area contributed by atoms with Crippen LogP contribution in [0.2, 0.25) is 0 Å². The number of likely N-dealkylation sites (N-methyl/N-ethyl adjacent to an activating group) is 1. The minimum Gasteiger partial charge on any atom is -0.304 e. The Morgan fingerprint density at radius 2 is 1.52 bits per heavy atom. The quantitative estimate of drug-likeness (QED) is 0.185. The van der Waals surface area contributed by atoms with E-state index < -0.39 is 10.0 Å². The van der Waals surface area contributed by atoms with Crippen molar-refractivity contribution in [2.45, 2.75) is 17.9 Å². The largest absolute Gasteiger partial charge is 0.304 e. The van der Waals surface area contributed by atoms with Crippen molar-refractivity contribution in [2.24, 2.45) is 0 Å². The molecule has 4 aromatic carbocycles. The highest BCUT2D eigenvalue weighted by Gasteiger charge is 2.24. The van der Waals surface area contributed by atoms with Gasteiger partial charge in [0.25, 0.3) is 10.0 Å². The van der Waals surface area contributed by atoms with E-state index in [4.69, 9.17) is 4.98 Å². The van der Waals surface area contributed by atoms with Gasteiger partial charge in [-0.3, -0.25) is 9.69 Å². The summed E-state index contributed by atoms with van der Waals surface area (Å²) in [6.45, 7) is 5.17. The highest BCUT2D eigenvalue weighted by molar-refractivity contribution is 7.90. The second-order valence-corrected chi connectivity index (χ2v) is 14.1. The number of hydrogen-bond acceptors (Lipinski definition) is 7. The molecule has 0 aliphatic carbocycles. The number of hydrogen-bond donors (Lipinski definition) is 0. The summed E-state index contributed by atoms with van der Waals surface area (Å²) >= 11 is 1.44. The van der Waals surface area contributed by atoms with Gasteiger partial charge in [-0.15, -0.1) is 11.3 Å². The molecule has 0 amide bonds. The number of benzene rings is 4. The number of carbonyl (C=O) groups excluding carboxylic acids is 1. The van der Waals surface area contributed by atoms with Crippen molar-refractivity contribution in [2.75, 3.05) is 33.2 Å². The molecule has 7 nitrogen and oxygen atoms in total. The molecule has 0 radical (unpaired) electrons. The number of piperazine rings is 1. The van der Waals surface area contributed by atoms with Gasteiger partial charge in [0.2, 0.25) is 0 Å². The van der Waals surface area contributed by atoms with Crippen LogP contribution in [0.1, 0.15) is 20.9 Å². The van der Waals surface area contributed by atoms with Crippen LogP contribution < -0.4 is 0 Å². The number of para-hydroxylation sites is 1. The molecular weight excluding hydrogens is 589 g/mol. The molecule has 0 bridgehead atoms. The predicted molar refractivity (Wildman–Crippen MR) is 177 cm³/mol. The Hall–Kier alpha value is -4.15. The van der Waals surface area contributed by atoms with Crippen molar-refractivity contribution < 1.29 is 13.2 Å². The number of carbonyl (C=O) groups is 1. The fourth-order valence-corrected chi connectivity index (χ4v) is 8.22. The predicted octanol–water partition coefficient (Wildman–Crippen LogP) is 6.33. The molecule has 3 heterocycles. The lowest BCUT2D eigenvalue weighted by Crippen LogP contribution is -2.43. The van der Waals surface area contributed by atoms with Crippen LogP contribution in [0.25, 0.3) is 33.1 Å². The van der Waals surface area contributed by atoms with Gasteiger partial charge in [-0.05, 0) is 36.9 Å². The topological polar surface area (TPSA) is 75.5 Å². The lowest BCUT2D eigenvalue weighted by Gasteiger charge is -2.32. The zero-order chi connectivity index (χ0) is 30.3. The summed E-state index contributed by atoms with van der Waals surface area (Å²) in [6, 6.07) is 29.8. The third-order valence-electron chi connectivity index (χ3n) is 8.35. The fourth-order valence-electron chi connectivity index (χ4n) is 5.88. The van der Waals surface area contributed by atoms with E-state index in [9.17, 15) is 13.2 Å². The molecule has 44 heavy (non-hydrogen) atoms. The zero-order valence-corrected chi connectivity index (χ0v) is 26.0. The molecule has 6 aromatic rings. The highest BCUT2D eigenvalue weighted by Crippen LogP contribution is 2.35. The smallest absolute Gasteiger partial charge is 0.268 e. The number of thiazole rings is 1. The maximum Gasteiger partial charge on any atom is 0.268 e. The van der Waals surface area contributed by atoms with Crippen molar-refractivity contribution in [1.82, 2.24) is 18.8 Å². The lowest BCUT2D eigenvalue weighted by atomic mass is 10.1. The van der Waals surface area contributed by atoms with Crippen LogP contribution in [0.15, 0.2) is 107 Å². The SMILES string of the molecule is CN1CCN(Cc2ccc(C(=O)Cc3nc(-c4ccc5c6ccccc6n(S(=O)(=O)c6ccccc6)c5c4)cs3)cc2)CC1. The van der Waals surface area contributed by atoms with Gasteiger partial charge >= 0.3 is 0 Å². The molecule has 7 rings (SSSR count). The average molecular weight is 621 g/mol. The maximum absolute atomic E-state index is 13.9. The molecule has 0 atom stereocenters. The molecule has 9 heteroatoms. The number of aromatic nitrogens is 2. The number of nitrogens with zero attached hydrogens (tertiary/aromatic N) is 4. The fraction of sp³-hybridized carbons (Fsp3) is 0.200. The first-order chi connectivity index (χ1) is 21.4. The van der Waals surface area contributed by atoms with Gasteiger partial charge in [-0.1, -0.05) is 72.8 Å². The molecule has 1 aliphatic heterocycles. The second-order valence-electron chi connectivity index (χ2n) is 11.3. The Bertz CT molecular complexity index is 2080. The number of ketones is 1. The van der Waals surface area contributed by atoms with Crippen LogP contribution in [0.3, 0.4) is 0 Å². The Labute approximate surface area is 261 Å². The lowest BCUT2D eigenvalue weighted by molar-refractivity contribution is 0.0993. The number of fused-ring (bicyclic) bond motifs is 3. The first kappa shape index (κ1) is 28.6. The van der Waals surface area contributed by atoms with Crippen LogP contribution in [-0.4, -0.2) is 66.2 Å². The summed E-state index contributed by atoms with van der Waals surface area (Å²) < 4.78 is 29.2. The highest BCUT2D eigenvalue weighted by atomic mass is 32.2. The normalized spacial score (nSPS) is 14.8. The van der Waals surface area contributed by atoms with E-state index in [2.05, 4.69) is 29.0 Å². The van der Waals surface area contributed by atoms with Crippen molar-refractivity contribution in [3.05, 3.63) is 119 Å². The summed E-state index contributed by atoms with van der Waals surface area (Å²) in [5.74, 6) is 0.0292. The van der Waals surface area contributed by atoms with Crippen LogP contribution >= 0.6 is 11.3 Å². The molecule has 1 fully saturated rings. The molecule has 1 saturated heterocycles. The van der Waals surface area contributed by atoms with Gasteiger partial charge in [-0.2, -0.15) is 0 Å². The van der Waals surface area contributed by atoms with E-state index in [-0.39, 0.29) is 17.1 Å². The van der Waals surface area contributed by atoms with E-state index in [1.807, 2.05) is 60.0 Å². The monoisotopic (exact) mass is 620 g/mol. The number of Topliss-reactive ketones (excluding diaryl/α,β-unsaturated/α-hetero) is 1. The maximum atomic E-state index is 13.9. The van der Waals surface area contributed by atoms with Crippen molar-refractivity contribution in [3.8, 4) is 11.3 Å². The van der Waals surface area contributed by atoms with Gasteiger partial charge in [-0.25, -0.2) is 17.4 Å². The molecule has 1 aliphatic rings. The Kier molecular flexibility index (Phi) is 7.63. The van der Waals surface area contributed by atoms with Crippen molar-refractivity contribution >= 4 is 48.9 Å². The van der Waals surface area contributed by atoms with E-state index in [1.54, 1.807) is 30.3 Å². The van der Waals surface area contributed by atoms with Crippen molar-refractivity contribution in [3.63, 3.8) is 0 Å². The Morgan fingerprint density at radius 1 is 0.818 bits per heavy atom. The van der Waals surface area contributed by atoms with Crippen LogP contribution in [0.4, 0.5) is 0 Å².